The first kappa shape index (κ1) is 59.9. The third-order valence-corrected chi connectivity index (χ3v) is 28.9. The maximum absolute atomic E-state index is 15.9. The average molecular weight is 1210 g/mol. The minimum absolute atomic E-state index is 0.00470. The van der Waals surface area contributed by atoms with Gasteiger partial charge in [-0.15, -0.1) is 28.2 Å². The third kappa shape index (κ3) is 11.7. The molecule has 4 atom stereocenters. The number of nitrogens with zero attached hydrogens (tertiary/aromatic N) is 8. The number of alkyl halides is 2. The number of rotatable bonds is 17. The highest BCUT2D eigenvalue weighted by Crippen LogP contribution is 2.61. The number of likely N-dealkylation sites (tertiary alicyclic amines) is 1. The van der Waals surface area contributed by atoms with E-state index in [9.17, 15) is 14.7 Å². The quantitative estimate of drug-likeness (QED) is 0.0523. The van der Waals surface area contributed by atoms with Gasteiger partial charge in [-0.1, -0.05) is 67.1 Å². The SMILES string of the molecule is CC(C)[Si](C#Cc1csc2cc3c(cnn3COCC[Si](C)(C)C)c(-c3nccc4c3sc3nc(OC[C@]5(CN6CCC7(CC[C@@H](CC(=O)O)CO7)CC6)CC5(F)F)nc(N5CC6CCC(C5)N6C(=O)OC(C)(C)C)c34)c12)(C(C)C)C(C)C. The Bertz CT molecular complexity index is 3450. The van der Waals surface area contributed by atoms with E-state index in [1.54, 1.807) is 11.3 Å². The molecule has 15 nitrogen and oxygen atoms in total. The van der Waals surface area contributed by atoms with Gasteiger partial charge in [-0.2, -0.15) is 15.1 Å². The van der Waals surface area contributed by atoms with Gasteiger partial charge in [0.1, 0.15) is 37.7 Å². The molecular weight excluding hydrogens is 1130 g/mol. The molecule has 2 bridgehead atoms. The summed E-state index contributed by atoms with van der Waals surface area (Å²) >= 11 is 3.18. The van der Waals surface area contributed by atoms with E-state index in [0.717, 1.165) is 85.0 Å². The van der Waals surface area contributed by atoms with Crippen molar-refractivity contribution in [2.45, 2.75) is 192 Å². The van der Waals surface area contributed by atoms with Crippen LogP contribution < -0.4 is 9.64 Å². The van der Waals surface area contributed by atoms with Crippen molar-refractivity contribution in [1.82, 2.24) is 34.5 Å². The summed E-state index contributed by atoms with van der Waals surface area (Å²) in [6.07, 6.45) is 7.86. The summed E-state index contributed by atoms with van der Waals surface area (Å²) in [4.78, 5) is 47.7. The Morgan fingerprint density at radius 1 is 0.964 bits per heavy atom. The second-order valence-electron chi connectivity index (χ2n) is 27.9. The van der Waals surface area contributed by atoms with Gasteiger partial charge >= 0.3 is 18.1 Å². The Hall–Kier alpha value is -4.83. The van der Waals surface area contributed by atoms with Gasteiger partial charge < -0.3 is 33.9 Å². The summed E-state index contributed by atoms with van der Waals surface area (Å²) in [5.74, 6) is 0.708. The fraction of sp³-hybridized carbons (Fsp3) is 0.645. The van der Waals surface area contributed by atoms with Gasteiger partial charge in [-0.3, -0.25) is 14.7 Å². The number of thiophene rings is 2. The zero-order valence-electron chi connectivity index (χ0n) is 50.6. The lowest BCUT2D eigenvalue weighted by atomic mass is 9.81. The molecule has 1 spiro atoms. The van der Waals surface area contributed by atoms with Gasteiger partial charge in [0, 0.05) is 97.4 Å². The van der Waals surface area contributed by atoms with Gasteiger partial charge in [-0.25, -0.2) is 18.3 Å². The summed E-state index contributed by atoms with van der Waals surface area (Å²) in [6, 6.07) is 5.07. The van der Waals surface area contributed by atoms with Crippen LogP contribution in [0.15, 0.2) is 29.9 Å². The molecule has 0 radical (unpaired) electrons. The van der Waals surface area contributed by atoms with Crippen molar-refractivity contribution in [3.8, 4) is 28.7 Å². The first-order valence-electron chi connectivity index (χ1n) is 30.1. The number of aliphatic carboxylic acids is 1. The third-order valence-electron chi connectivity index (χ3n) is 18.9. The highest BCUT2D eigenvalue weighted by Gasteiger charge is 2.72. The molecule has 1 saturated carbocycles. The van der Waals surface area contributed by atoms with E-state index in [1.165, 1.54) is 11.3 Å². The van der Waals surface area contributed by atoms with Gasteiger partial charge in [0.05, 0.1) is 63.6 Å². The number of aromatic nitrogens is 5. The van der Waals surface area contributed by atoms with Crippen LogP contribution in [0.2, 0.25) is 42.3 Å². The van der Waals surface area contributed by atoms with Crippen LogP contribution in [-0.4, -0.2) is 150 Å². The van der Waals surface area contributed by atoms with Crippen molar-refractivity contribution < 1.29 is 42.4 Å². The van der Waals surface area contributed by atoms with Crippen molar-refractivity contribution in [3.63, 3.8) is 0 Å². The summed E-state index contributed by atoms with van der Waals surface area (Å²) in [5.41, 5.74) is 6.57. The van der Waals surface area contributed by atoms with Crippen LogP contribution in [0, 0.1) is 22.8 Å². The summed E-state index contributed by atoms with van der Waals surface area (Å²) in [5, 5.41) is 20.2. The Labute approximate surface area is 497 Å². The number of anilines is 1. The Balaban J connectivity index is 0.995. The van der Waals surface area contributed by atoms with Crippen LogP contribution >= 0.6 is 22.7 Å². The summed E-state index contributed by atoms with van der Waals surface area (Å²) < 4.78 is 61.0. The minimum Gasteiger partial charge on any atom is -0.481 e. The number of carbonyl (C=O) groups is 2. The van der Waals surface area contributed by atoms with E-state index in [0.29, 0.717) is 86.2 Å². The molecule has 4 aliphatic heterocycles. The monoisotopic (exact) mass is 1210 g/mol. The normalized spacial score (nSPS) is 22.9. The first-order valence-corrected chi connectivity index (χ1v) is 37.8. The average Bonchev–Trinajstić information content (AvgIpc) is 2.18. The molecule has 6 aromatic rings. The largest absolute Gasteiger partial charge is 0.481 e. The van der Waals surface area contributed by atoms with Gasteiger partial charge in [0.2, 0.25) is 0 Å². The smallest absolute Gasteiger partial charge is 0.410 e. The number of hydrogen-bond donors (Lipinski definition) is 1. The molecule has 2 unspecified atom stereocenters. The van der Waals surface area contributed by atoms with Crippen molar-refractivity contribution in [2.24, 2.45) is 11.3 Å². The zero-order valence-corrected chi connectivity index (χ0v) is 54.3. The summed E-state index contributed by atoms with van der Waals surface area (Å²) in [6.45, 7) is 30.2. The number of fused-ring (bicyclic) bond motifs is 7. The molecule has 5 fully saturated rings. The molecule has 1 aromatic carbocycles. The fourth-order valence-electron chi connectivity index (χ4n) is 14.3. The lowest BCUT2D eigenvalue weighted by molar-refractivity contribution is -0.149. The fourth-order valence-corrected chi connectivity index (χ4v) is 22.3. The van der Waals surface area contributed by atoms with Gasteiger partial charge in [-0.05, 0) is 100 Å². The number of carboxylic acid groups (broad SMARTS) is 1. The van der Waals surface area contributed by atoms with E-state index in [2.05, 4.69) is 93.9 Å². The molecular formula is C62H84F2N8O7S2Si2. The first-order chi connectivity index (χ1) is 39.2. The number of carboxylic acids is 1. The molecule has 1 aliphatic carbocycles. The van der Waals surface area contributed by atoms with Crippen LogP contribution in [0.4, 0.5) is 19.4 Å². The molecule has 4 saturated heterocycles. The molecule has 11 rings (SSSR count). The highest BCUT2D eigenvalue weighted by atomic mass is 32.1. The molecule has 9 heterocycles. The lowest BCUT2D eigenvalue weighted by Crippen LogP contribution is -2.57. The number of pyridine rings is 1. The lowest BCUT2D eigenvalue weighted by Gasteiger charge is -2.46. The van der Waals surface area contributed by atoms with Gasteiger partial charge in [0.25, 0.3) is 5.92 Å². The maximum atomic E-state index is 15.9. The maximum Gasteiger partial charge on any atom is 0.410 e. The number of carbonyl (C=O) groups excluding carboxylic acids is 1. The van der Waals surface area contributed by atoms with Crippen molar-refractivity contribution in [3.05, 3.63) is 35.5 Å². The van der Waals surface area contributed by atoms with Crippen molar-refractivity contribution in [2.75, 3.05) is 57.4 Å². The van der Waals surface area contributed by atoms with E-state index >= 15 is 8.78 Å². The molecule has 5 aromatic heterocycles. The second-order valence-corrected chi connectivity index (χ2v) is 41.0. The van der Waals surface area contributed by atoms with E-state index < -0.39 is 39.1 Å². The Kier molecular flexibility index (Phi) is 16.2. The number of piperidine rings is 1. The summed E-state index contributed by atoms with van der Waals surface area (Å²) in [7, 11) is -3.48. The van der Waals surface area contributed by atoms with Crippen LogP contribution in [-0.2, 0) is 25.7 Å². The number of benzene rings is 1. The molecule has 1 N–H and O–H groups in total. The van der Waals surface area contributed by atoms with Crippen LogP contribution in [0.3, 0.4) is 0 Å². The number of hydrogen-bond acceptors (Lipinski definition) is 14. The molecule has 1 amide bonds. The molecule has 5 aliphatic rings. The van der Waals surface area contributed by atoms with E-state index in [-0.39, 0.29) is 61.7 Å². The minimum atomic E-state index is -2.94. The Morgan fingerprint density at radius 2 is 1.66 bits per heavy atom. The predicted octanol–water partition coefficient (Wildman–Crippen LogP) is 14.1. The molecule has 21 heteroatoms. The zero-order chi connectivity index (χ0) is 59.2. The van der Waals surface area contributed by atoms with Gasteiger partial charge in [0.15, 0.2) is 0 Å². The standard InChI is InChI=1S/C62H84F2N8O7S2Si2/c1-38(2)83(39(3)4,40(5)6)25-17-42-33-80-48-28-47-46(29-66-71(47)37-76-24-26-82(10,11)12)51(50(42)48)53-54-45(16-21-65-53)52-55(70-30-43-13-14-44(31-70)72(43)58(75)79-59(7,8)9)67-57(68-56(52)81-54)77-36-60(34-62(60,63)64)35-69-22-19-61(20-23-69)18-15-41(32-78-61)27-49(73)74/h16,21,28-29,33,38-41,43-44H,13-15,18-20,22-24,26-27,30-32,34-37H2,1-12H3,(H,73,74)/t41-,43?,44?,60+/m0/s1. The number of piperazine rings is 1. The van der Waals surface area contributed by atoms with Crippen LogP contribution in [0.25, 0.3) is 52.5 Å². The van der Waals surface area contributed by atoms with Crippen LogP contribution in [0.5, 0.6) is 6.01 Å². The predicted molar refractivity (Wildman–Crippen MR) is 333 cm³/mol. The number of halogens is 2. The Morgan fingerprint density at radius 3 is 2.28 bits per heavy atom. The van der Waals surface area contributed by atoms with E-state index in [1.807, 2.05) is 48.8 Å². The number of amides is 1. The van der Waals surface area contributed by atoms with E-state index in [4.69, 9.17) is 39.0 Å². The van der Waals surface area contributed by atoms with Crippen molar-refractivity contribution in [1.29, 1.82) is 0 Å². The highest BCUT2D eigenvalue weighted by molar-refractivity contribution is 7.26. The molecule has 448 valence electrons. The van der Waals surface area contributed by atoms with Crippen molar-refractivity contribution >= 4 is 98.0 Å². The second kappa shape index (κ2) is 22.5. The van der Waals surface area contributed by atoms with Crippen LogP contribution in [0.1, 0.15) is 119 Å². The molecule has 83 heavy (non-hydrogen) atoms. The topological polar surface area (TPSA) is 158 Å². The number of ether oxygens (including phenoxy) is 4.